The number of methoxy groups -OCH3 is 1. The van der Waals surface area contributed by atoms with Gasteiger partial charge in [0.1, 0.15) is 5.75 Å². The zero-order valence-corrected chi connectivity index (χ0v) is 16.1. The van der Waals surface area contributed by atoms with Crippen LogP contribution in [0.2, 0.25) is 5.02 Å². The quantitative estimate of drug-likeness (QED) is 0.719. The van der Waals surface area contributed by atoms with Crippen molar-refractivity contribution in [3.8, 4) is 17.0 Å². The van der Waals surface area contributed by atoms with Crippen LogP contribution in [-0.4, -0.2) is 39.9 Å². The molecule has 1 aliphatic heterocycles. The molecule has 2 aromatic heterocycles. The summed E-state index contributed by atoms with van der Waals surface area (Å²) in [5, 5.41) is 7.89. The number of hydrogen-bond donors (Lipinski definition) is 1. The van der Waals surface area contributed by atoms with E-state index in [1.54, 1.807) is 24.2 Å². The first-order valence-electron chi connectivity index (χ1n) is 8.85. The molecule has 27 heavy (non-hydrogen) atoms. The van der Waals surface area contributed by atoms with E-state index < -0.39 is 0 Å². The second-order valence-electron chi connectivity index (χ2n) is 6.50. The molecule has 4 rings (SSSR count). The number of benzene rings is 1. The maximum absolute atomic E-state index is 6.27. The number of aromatic nitrogens is 4. The fourth-order valence-corrected chi connectivity index (χ4v) is 3.45. The number of nitrogens with one attached hydrogen (secondary N) is 1. The van der Waals surface area contributed by atoms with Crippen molar-refractivity contribution in [2.24, 2.45) is 7.05 Å². The molecule has 0 radical (unpaired) electrons. The Morgan fingerprint density at radius 1 is 1.19 bits per heavy atom. The normalized spacial score (nSPS) is 13.8. The van der Waals surface area contributed by atoms with Gasteiger partial charge >= 0.3 is 0 Å². The molecule has 1 N–H and O–H groups in total. The van der Waals surface area contributed by atoms with Crippen molar-refractivity contribution in [1.82, 2.24) is 19.7 Å². The zero-order chi connectivity index (χ0) is 18.8. The third kappa shape index (κ3) is 3.68. The summed E-state index contributed by atoms with van der Waals surface area (Å²) in [5.74, 6) is 1.20. The number of hydrogen-bond acceptors (Lipinski definition) is 6. The Morgan fingerprint density at radius 2 is 2.00 bits per heavy atom. The number of halogens is 1. The summed E-state index contributed by atoms with van der Waals surface area (Å²) >= 11 is 6.27. The van der Waals surface area contributed by atoms with Crippen molar-refractivity contribution in [3.63, 3.8) is 0 Å². The molecule has 1 fully saturated rings. The first-order valence-corrected chi connectivity index (χ1v) is 9.23. The maximum atomic E-state index is 6.27. The van der Waals surface area contributed by atoms with Gasteiger partial charge in [-0.15, -0.1) is 0 Å². The van der Waals surface area contributed by atoms with E-state index in [0.717, 1.165) is 30.1 Å². The molecule has 8 heteroatoms. The number of ether oxygens (including phenoxy) is 1. The molecule has 140 valence electrons. The smallest absolute Gasteiger partial charge is 0.227 e. The Labute approximate surface area is 163 Å². The highest BCUT2D eigenvalue weighted by molar-refractivity contribution is 6.32. The summed E-state index contributed by atoms with van der Waals surface area (Å²) in [4.78, 5) is 11.2. The Hall–Kier alpha value is -2.80. The van der Waals surface area contributed by atoms with Gasteiger partial charge in [0.15, 0.2) is 0 Å². The fourth-order valence-electron chi connectivity index (χ4n) is 3.25. The van der Waals surface area contributed by atoms with Crippen LogP contribution in [0.25, 0.3) is 11.3 Å². The standard InChI is InChI=1S/C19H21ClN6O/c1-25-12-13(10-22-25)18-15(20)11-21-19(24-18)23-16-6-5-14(9-17(16)27-2)26-7-3-4-8-26/h5-6,9-12H,3-4,7-8H2,1-2H3,(H,21,23,24). The molecule has 1 aromatic carbocycles. The van der Waals surface area contributed by atoms with Gasteiger partial charge < -0.3 is 15.0 Å². The molecule has 0 amide bonds. The van der Waals surface area contributed by atoms with E-state index in [0.29, 0.717) is 16.7 Å². The summed E-state index contributed by atoms with van der Waals surface area (Å²) in [6.07, 6.45) is 7.65. The van der Waals surface area contributed by atoms with Crippen molar-refractivity contribution in [2.45, 2.75) is 12.8 Å². The van der Waals surface area contributed by atoms with Gasteiger partial charge in [0.25, 0.3) is 0 Å². The molecule has 3 aromatic rings. The monoisotopic (exact) mass is 384 g/mol. The van der Waals surface area contributed by atoms with E-state index in [4.69, 9.17) is 16.3 Å². The highest BCUT2D eigenvalue weighted by Crippen LogP contribution is 2.33. The molecule has 0 spiro atoms. The molecule has 0 atom stereocenters. The van der Waals surface area contributed by atoms with Crippen LogP contribution in [0.1, 0.15) is 12.8 Å². The summed E-state index contributed by atoms with van der Waals surface area (Å²) in [7, 11) is 3.52. The highest BCUT2D eigenvalue weighted by Gasteiger charge is 2.16. The maximum Gasteiger partial charge on any atom is 0.227 e. The largest absolute Gasteiger partial charge is 0.494 e. The number of rotatable bonds is 5. The van der Waals surface area contributed by atoms with Crippen LogP contribution in [0.5, 0.6) is 5.75 Å². The van der Waals surface area contributed by atoms with E-state index in [2.05, 4.69) is 31.3 Å². The molecule has 1 saturated heterocycles. The average Bonchev–Trinajstić information content (AvgIpc) is 3.35. The minimum atomic E-state index is 0.450. The lowest BCUT2D eigenvalue weighted by Gasteiger charge is -2.20. The van der Waals surface area contributed by atoms with Gasteiger partial charge in [-0.25, -0.2) is 9.97 Å². The predicted octanol–water partition coefficient (Wildman–Crippen LogP) is 3.88. The molecular formula is C19H21ClN6O. The van der Waals surface area contributed by atoms with Crippen molar-refractivity contribution in [1.29, 1.82) is 0 Å². The number of anilines is 3. The molecular weight excluding hydrogens is 364 g/mol. The number of nitrogens with zero attached hydrogens (tertiary/aromatic N) is 5. The lowest BCUT2D eigenvalue weighted by atomic mass is 10.2. The summed E-state index contributed by atoms with van der Waals surface area (Å²) in [5.41, 5.74) is 3.45. The van der Waals surface area contributed by atoms with Gasteiger partial charge in [0, 0.05) is 43.7 Å². The van der Waals surface area contributed by atoms with Crippen molar-refractivity contribution < 1.29 is 4.74 Å². The second-order valence-corrected chi connectivity index (χ2v) is 6.90. The van der Waals surface area contributed by atoms with Gasteiger partial charge in [-0.3, -0.25) is 4.68 Å². The van der Waals surface area contributed by atoms with Crippen molar-refractivity contribution in [3.05, 3.63) is 41.8 Å². The Kier molecular flexibility index (Phi) is 4.85. The Balaban J connectivity index is 1.62. The van der Waals surface area contributed by atoms with E-state index in [1.807, 2.05) is 25.4 Å². The van der Waals surface area contributed by atoms with Crippen molar-refractivity contribution in [2.75, 3.05) is 30.4 Å². The van der Waals surface area contributed by atoms with Crippen LogP contribution in [0.3, 0.4) is 0 Å². The second kappa shape index (κ2) is 7.44. The van der Waals surface area contributed by atoms with Gasteiger partial charge in [-0.2, -0.15) is 5.10 Å². The van der Waals surface area contributed by atoms with Crippen LogP contribution < -0.4 is 15.0 Å². The fraction of sp³-hybridized carbons (Fsp3) is 0.316. The first kappa shape index (κ1) is 17.6. The third-order valence-corrected chi connectivity index (χ3v) is 4.90. The Morgan fingerprint density at radius 3 is 2.70 bits per heavy atom. The predicted molar refractivity (Wildman–Crippen MR) is 107 cm³/mol. The molecule has 0 aliphatic carbocycles. The van der Waals surface area contributed by atoms with E-state index in [-0.39, 0.29) is 0 Å². The SMILES string of the molecule is COc1cc(N2CCCC2)ccc1Nc1ncc(Cl)c(-c2cnn(C)c2)n1. The molecule has 0 unspecified atom stereocenters. The van der Waals surface area contributed by atoms with Gasteiger partial charge in [0.2, 0.25) is 5.95 Å². The highest BCUT2D eigenvalue weighted by atomic mass is 35.5. The molecule has 3 heterocycles. The van der Waals surface area contributed by atoms with E-state index >= 15 is 0 Å². The van der Waals surface area contributed by atoms with E-state index in [9.17, 15) is 0 Å². The average molecular weight is 385 g/mol. The summed E-state index contributed by atoms with van der Waals surface area (Å²) < 4.78 is 7.28. The van der Waals surface area contributed by atoms with Gasteiger partial charge in [0.05, 0.1) is 35.9 Å². The first-order chi connectivity index (χ1) is 13.1. The minimum absolute atomic E-state index is 0.450. The number of aryl methyl sites for hydroxylation is 1. The molecule has 1 aliphatic rings. The van der Waals surface area contributed by atoms with Crippen LogP contribution in [0.4, 0.5) is 17.3 Å². The van der Waals surface area contributed by atoms with Crippen LogP contribution >= 0.6 is 11.6 Å². The van der Waals surface area contributed by atoms with Crippen molar-refractivity contribution >= 4 is 28.9 Å². The molecule has 0 saturated carbocycles. The molecule has 7 nitrogen and oxygen atoms in total. The summed E-state index contributed by atoms with van der Waals surface area (Å²) in [6, 6.07) is 6.13. The zero-order valence-electron chi connectivity index (χ0n) is 15.3. The minimum Gasteiger partial charge on any atom is -0.494 e. The lowest BCUT2D eigenvalue weighted by Crippen LogP contribution is -2.17. The van der Waals surface area contributed by atoms with Crippen LogP contribution in [-0.2, 0) is 7.05 Å². The summed E-state index contributed by atoms with van der Waals surface area (Å²) in [6.45, 7) is 2.18. The lowest BCUT2D eigenvalue weighted by molar-refractivity contribution is 0.417. The topological polar surface area (TPSA) is 68.1 Å². The third-order valence-electron chi connectivity index (χ3n) is 4.63. The van der Waals surface area contributed by atoms with Gasteiger partial charge in [-0.05, 0) is 25.0 Å². The van der Waals surface area contributed by atoms with E-state index in [1.165, 1.54) is 18.5 Å². The van der Waals surface area contributed by atoms with Crippen LogP contribution in [0.15, 0.2) is 36.8 Å². The van der Waals surface area contributed by atoms with Crippen LogP contribution in [0, 0.1) is 0 Å². The molecule has 0 bridgehead atoms. The Bertz CT molecular complexity index is 951. The van der Waals surface area contributed by atoms with Gasteiger partial charge in [-0.1, -0.05) is 11.6 Å².